The van der Waals surface area contributed by atoms with Gasteiger partial charge in [-0.05, 0) is 42.0 Å². The molecule has 2 aromatic rings. The van der Waals surface area contributed by atoms with Crippen LogP contribution in [0.25, 0.3) is 10.8 Å². The molecule has 0 bridgehead atoms. The van der Waals surface area contributed by atoms with Gasteiger partial charge in [0.2, 0.25) is 11.8 Å². The van der Waals surface area contributed by atoms with Crippen LogP contribution in [0.1, 0.15) is 26.2 Å². The van der Waals surface area contributed by atoms with Gasteiger partial charge in [-0.2, -0.15) is 0 Å². The predicted molar refractivity (Wildman–Crippen MR) is 113 cm³/mol. The second kappa shape index (κ2) is 8.18. The predicted octanol–water partition coefficient (Wildman–Crippen LogP) is 2.11. The largest absolute Gasteiger partial charge is 0.497 e. The number of benzene rings is 1. The van der Waals surface area contributed by atoms with Crippen molar-refractivity contribution in [3.63, 3.8) is 0 Å². The van der Waals surface area contributed by atoms with E-state index in [0.717, 1.165) is 15.7 Å². The zero-order valence-corrected chi connectivity index (χ0v) is 17.8. The van der Waals surface area contributed by atoms with Crippen molar-refractivity contribution in [2.45, 2.75) is 43.9 Å². The van der Waals surface area contributed by atoms with Crippen molar-refractivity contribution in [1.82, 2.24) is 15.2 Å². The normalized spacial score (nSPS) is 26.6. The molecule has 2 fully saturated rings. The molecule has 2 aliphatic rings. The van der Waals surface area contributed by atoms with Gasteiger partial charge in [0.05, 0.1) is 13.7 Å². The van der Waals surface area contributed by atoms with Gasteiger partial charge in [-0.3, -0.25) is 9.69 Å². The van der Waals surface area contributed by atoms with Gasteiger partial charge in [-0.1, -0.05) is 13.3 Å². The standard InChI is InChI=1S/C22H25N3O7/c1-3-13-10-22(13,20(27)28)24-18(26)17-9-15(11-25(17)21(29)30)32-19-16-5-4-14(31-2)8-12(16)6-7-23-19/h4-8,13,15,17H,3,9-11H2,1-2H3,(H,24,26)(H,27,28)(H,29,30). The highest BCUT2D eigenvalue weighted by Crippen LogP contribution is 2.46. The number of carboxylic acid groups (broad SMARTS) is 2. The Morgan fingerprint density at radius 1 is 1.28 bits per heavy atom. The van der Waals surface area contributed by atoms with Crippen LogP contribution >= 0.6 is 0 Å². The summed E-state index contributed by atoms with van der Waals surface area (Å²) >= 11 is 0. The molecule has 4 rings (SSSR count). The number of nitrogens with one attached hydrogen (secondary N) is 1. The van der Waals surface area contributed by atoms with E-state index in [1.165, 1.54) is 0 Å². The summed E-state index contributed by atoms with van der Waals surface area (Å²) < 4.78 is 11.2. The fourth-order valence-corrected chi connectivity index (χ4v) is 4.44. The zero-order valence-electron chi connectivity index (χ0n) is 17.8. The number of hydrogen-bond acceptors (Lipinski definition) is 6. The van der Waals surface area contributed by atoms with Gasteiger partial charge in [0.1, 0.15) is 23.4 Å². The van der Waals surface area contributed by atoms with Crippen LogP contribution in [0.5, 0.6) is 11.6 Å². The Labute approximate surface area is 184 Å². The lowest BCUT2D eigenvalue weighted by atomic mass is 10.1. The maximum absolute atomic E-state index is 12.9. The van der Waals surface area contributed by atoms with Crippen molar-refractivity contribution in [2.24, 2.45) is 5.92 Å². The van der Waals surface area contributed by atoms with Gasteiger partial charge >= 0.3 is 12.1 Å². The number of rotatable bonds is 7. The highest BCUT2D eigenvalue weighted by Gasteiger charge is 2.61. The average molecular weight is 443 g/mol. The number of pyridine rings is 1. The van der Waals surface area contributed by atoms with Gasteiger partial charge in [0.15, 0.2) is 0 Å². The molecule has 10 nitrogen and oxygen atoms in total. The molecule has 1 saturated carbocycles. The van der Waals surface area contributed by atoms with Crippen molar-refractivity contribution in [1.29, 1.82) is 0 Å². The third-order valence-corrected chi connectivity index (χ3v) is 6.35. The van der Waals surface area contributed by atoms with E-state index in [1.54, 1.807) is 25.4 Å². The first-order valence-corrected chi connectivity index (χ1v) is 10.4. The van der Waals surface area contributed by atoms with Crippen LogP contribution in [0, 0.1) is 5.92 Å². The number of nitrogens with zero attached hydrogens (tertiary/aromatic N) is 2. The second-order valence-corrected chi connectivity index (χ2v) is 8.20. The van der Waals surface area contributed by atoms with Crippen molar-refractivity contribution in [3.8, 4) is 11.6 Å². The molecule has 10 heteroatoms. The number of hydrogen-bond donors (Lipinski definition) is 3. The van der Waals surface area contributed by atoms with E-state index in [2.05, 4.69) is 10.3 Å². The quantitative estimate of drug-likeness (QED) is 0.591. The van der Waals surface area contributed by atoms with Crippen LogP contribution in [0.15, 0.2) is 30.5 Å². The first kappa shape index (κ1) is 21.7. The molecule has 1 aromatic carbocycles. The SMILES string of the molecule is CCC1CC1(NC(=O)C1CC(Oc2nccc3cc(OC)ccc23)CN1C(=O)O)C(=O)O. The summed E-state index contributed by atoms with van der Waals surface area (Å²) in [6.45, 7) is 1.83. The first-order valence-electron chi connectivity index (χ1n) is 10.4. The molecular formula is C22H25N3O7. The second-order valence-electron chi connectivity index (χ2n) is 8.20. The van der Waals surface area contributed by atoms with Crippen molar-refractivity contribution >= 4 is 28.7 Å². The van der Waals surface area contributed by atoms with E-state index in [9.17, 15) is 24.6 Å². The first-order chi connectivity index (χ1) is 15.3. The monoisotopic (exact) mass is 443 g/mol. The Bertz CT molecular complexity index is 1070. The number of methoxy groups -OCH3 is 1. The zero-order chi connectivity index (χ0) is 23.0. The van der Waals surface area contributed by atoms with Gasteiger partial charge in [0.25, 0.3) is 0 Å². The molecule has 4 atom stereocenters. The number of fused-ring (bicyclic) bond motifs is 1. The molecule has 32 heavy (non-hydrogen) atoms. The highest BCUT2D eigenvalue weighted by atomic mass is 16.5. The minimum Gasteiger partial charge on any atom is -0.497 e. The van der Waals surface area contributed by atoms with Crippen LogP contribution in [-0.2, 0) is 9.59 Å². The maximum Gasteiger partial charge on any atom is 0.408 e. The molecule has 1 aliphatic carbocycles. The molecular weight excluding hydrogens is 418 g/mol. The van der Waals surface area contributed by atoms with Crippen LogP contribution in [-0.4, -0.2) is 69.4 Å². The number of carboxylic acids is 1. The number of aromatic nitrogens is 1. The lowest BCUT2D eigenvalue weighted by molar-refractivity contribution is -0.144. The molecule has 0 radical (unpaired) electrons. The summed E-state index contributed by atoms with van der Waals surface area (Å²) in [6.07, 6.45) is 0.762. The topological polar surface area (TPSA) is 138 Å². The third kappa shape index (κ3) is 3.76. The smallest absolute Gasteiger partial charge is 0.408 e. The Morgan fingerprint density at radius 3 is 2.69 bits per heavy atom. The van der Waals surface area contributed by atoms with E-state index in [-0.39, 0.29) is 18.9 Å². The minimum atomic E-state index is -1.31. The summed E-state index contributed by atoms with van der Waals surface area (Å²) in [4.78, 5) is 41.6. The fourth-order valence-electron chi connectivity index (χ4n) is 4.44. The Hall–Kier alpha value is -3.56. The molecule has 2 amide bonds. The molecule has 4 unspecified atom stereocenters. The Balaban J connectivity index is 1.52. The number of likely N-dealkylation sites (tertiary alicyclic amines) is 1. The number of ether oxygens (including phenoxy) is 2. The lowest BCUT2D eigenvalue weighted by Gasteiger charge is -2.23. The van der Waals surface area contributed by atoms with Crippen LogP contribution in [0.2, 0.25) is 0 Å². The molecule has 1 aliphatic heterocycles. The molecule has 3 N–H and O–H groups in total. The summed E-state index contributed by atoms with van der Waals surface area (Å²) in [5, 5.41) is 23.4. The van der Waals surface area contributed by atoms with Crippen molar-refractivity contribution < 1.29 is 34.1 Å². The van der Waals surface area contributed by atoms with Crippen molar-refractivity contribution in [2.75, 3.05) is 13.7 Å². The van der Waals surface area contributed by atoms with Crippen LogP contribution < -0.4 is 14.8 Å². The number of carbonyl (C=O) groups excluding carboxylic acids is 1. The van der Waals surface area contributed by atoms with E-state index >= 15 is 0 Å². The van der Waals surface area contributed by atoms with E-state index in [4.69, 9.17) is 9.47 Å². The van der Waals surface area contributed by atoms with Crippen LogP contribution in [0.3, 0.4) is 0 Å². The number of carbonyl (C=O) groups is 3. The average Bonchev–Trinajstić information content (AvgIpc) is 3.33. The molecule has 1 saturated heterocycles. The summed E-state index contributed by atoms with van der Waals surface area (Å²) in [5.41, 5.74) is -1.31. The van der Waals surface area contributed by atoms with E-state index in [0.29, 0.717) is 24.5 Å². The van der Waals surface area contributed by atoms with E-state index < -0.39 is 35.7 Å². The van der Waals surface area contributed by atoms with E-state index in [1.807, 2.05) is 19.1 Å². The van der Waals surface area contributed by atoms with Gasteiger partial charge in [0, 0.05) is 18.0 Å². The molecule has 1 aromatic heterocycles. The van der Waals surface area contributed by atoms with Gasteiger partial charge in [-0.25, -0.2) is 14.6 Å². The van der Waals surface area contributed by atoms with Gasteiger partial charge in [-0.15, -0.1) is 0 Å². The van der Waals surface area contributed by atoms with Gasteiger partial charge < -0.3 is 25.0 Å². The molecule has 0 spiro atoms. The number of aliphatic carboxylic acids is 1. The summed E-state index contributed by atoms with van der Waals surface area (Å²) in [5.74, 6) is -0.861. The van der Waals surface area contributed by atoms with Crippen LogP contribution in [0.4, 0.5) is 4.79 Å². The minimum absolute atomic E-state index is 0.0288. The fraction of sp³-hybridized carbons (Fsp3) is 0.455. The third-order valence-electron chi connectivity index (χ3n) is 6.35. The number of amides is 2. The Kier molecular flexibility index (Phi) is 5.53. The lowest BCUT2D eigenvalue weighted by Crippen LogP contribution is -2.52. The summed E-state index contributed by atoms with van der Waals surface area (Å²) in [6, 6.07) is 6.19. The van der Waals surface area contributed by atoms with Crippen molar-refractivity contribution in [3.05, 3.63) is 30.5 Å². The summed E-state index contributed by atoms with van der Waals surface area (Å²) in [7, 11) is 1.57. The maximum atomic E-state index is 12.9. The molecule has 2 heterocycles. The molecule has 170 valence electrons. The highest BCUT2D eigenvalue weighted by molar-refractivity contribution is 5.94. The Morgan fingerprint density at radius 2 is 2.06 bits per heavy atom.